The van der Waals surface area contributed by atoms with Gasteiger partial charge in [0.25, 0.3) is 5.91 Å². The topological polar surface area (TPSA) is 67.5 Å². The van der Waals surface area contributed by atoms with Crippen molar-refractivity contribution >= 4 is 16.9 Å². The van der Waals surface area contributed by atoms with E-state index in [1.807, 2.05) is 24.3 Å². The Balaban J connectivity index is 1.43. The molecular formula is C21H21F2N3O3. The maximum atomic E-state index is 12.8. The fourth-order valence-corrected chi connectivity index (χ4v) is 3.70. The van der Waals surface area contributed by atoms with Crippen LogP contribution in [0.4, 0.5) is 8.78 Å². The van der Waals surface area contributed by atoms with E-state index in [0.717, 1.165) is 29.7 Å². The number of rotatable bonds is 5. The zero-order valence-corrected chi connectivity index (χ0v) is 15.9. The maximum absolute atomic E-state index is 12.8. The van der Waals surface area contributed by atoms with Crippen LogP contribution in [0.2, 0.25) is 0 Å². The van der Waals surface area contributed by atoms with Crippen molar-refractivity contribution in [3.05, 3.63) is 53.9 Å². The maximum Gasteiger partial charge on any atom is 0.387 e. The number of nitrogens with zero attached hydrogens (tertiary/aromatic N) is 2. The quantitative estimate of drug-likeness (QED) is 0.696. The van der Waals surface area contributed by atoms with Crippen LogP contribution >= 0.6 is 0 Å². The van der Waals surface area contributed by atoms with Crippen molar-refractivity contribution < 1.29 is 23.0 Å². The highest BCUT2D eigenvalue weighted by molar-refractivity contribution is 5.95. The third-order valence-corrected chi connectivity index (χ3v) is 5.20. The first-order valence-electron chi connectivity index (χ1n) is 9.42. The van der Waals surface area contributed by atoms with Crippen molar-refractivity contribution in [1.29, 1.82) is 0 Å². The summed E-state index contributed by atoms with van der Waals surface area (Å²) in [7, 11) is 1.35. The summed E-state index contributed by atoms with van der Waals surface area (Å²) in [5, 5.41) is 0. The Morgan fingerprint density at radius 1 is 1.17 bits per heavy atom. The number of hydrogen-bond donors (Lipinski definition) is 1. The molecule has 0 saturated carbocycles. The van der Waals surface area contributed by atoms with Crippen LogP contribution < -0.4 is 9.47 Å². The van der Waals surface area contributed by atoms with E-state index >= 15 is 0 Å². The number of aromatic amines is 1. The number of methoxy groups -OCH3 is 1. The second-order valence-corrected chi connectivity index (χ2v) is 6.95. The molecule has 2 heterocycles. The number of amides is 1. The number of imidazole rings is 1. The number of nitrogens with one attached hydrogen (secondary N) is 1. The van der Waals surface area contributed by atoms with Gasteiger partial charge >= 0.3 is 6.61 Å². The van der Waals surface area contributed by atoms with Crippen LogP contribution in [0.1, 0.15) is 34.9 Å². The number of ether oxygens (including phenoxy) is 2. The van der Waals surface area contributed by atoms with Gasteiger partial charge in [0.2, 0.25) is 0 Å². The van der Waals surface area contributed by atoms with Gasteiger partial charge in [-0.05, 0) is 43.2 Å². The number of hydrogen-bond acceptors (Lipinski definition) is 4. The minimum absolute atomic E-state index is 0.0948. The Morgan fingerprint density at radius 3 is 2.62 bits per heavy atom. The van der Waals surface area contributed by atoms with E-state index in [9.17, 15) is 13.6 Å². The predicted octanol–water partition coefficient (Wildman–Crippen LogP) is 4.19. The number of H-pyrrole nitrogens is 1. The molecule has 1 fully saturated rings. The van der Waals surface area contributed by atoms with E-state index in [1.165, 1.54) is 25.3 Å². The van der Waals surface area contributed by atoms with Crippen LogP contribution in [-0.4, -0.2) is 47.6 Å². The molecule has 1 N–H and O–H groups in total. The third-order valence-electron chi connectivity index (χ3n) is 5.20. The summed E-state index contributed by atoms with van der Waals surface area (Å²) in [5.41, 5.74) is 2.34. The van der Waals surface area contributed by atoms with Crippen LogP contribution in [0.15, 0.2) is 42.5 Å². The standard InChI is InChI=1S/C21H21F2N3O3/c1-28-18-12-14(6-7-17(18)29-21(22)23)20(27)26-10-8-13(9-11-26)19-24-15-4-2-3-5-16(15)25-19/h2-7,12-13,21H,8-11H2,1H3,(H,24,25). The van der Waals surface area contributed by atoms with Crippen molar-refractivity contribution in [1.82, 2.24) is 14.9 Å². The normalized spacial score (nSPS) is 15.1. The fourth-order valence-electron chi connectivity index (χ4n) is 3.70. The van der Waals surface area contributed by atoms with Crippen molar-refractivity contribution in [2.24, 2.45) is 0 Å². The van der Waals surface area contributed by atoms with Gasteiger partial charge in [-0.1, -0.05) is 12.1 Å². The molecule has 3 aromatic rings. The molecule has 0 bridgehead atoms. The van der Waals surface area contributed by atoms with Gasteiger partial charge in [0.05, 0.1) is 18.1 Å². The van der Waals surface area contributed by atoms with E-state index in [0.29, 0.717) is 18.7 Å². The Bertz CT molecular complexity index is 980. The largest absolute Gasteiger partial charge is 0.493 e. The van der Waals surface area contributed by atoms with Gasteiger partial charge in [-0.15, -0.1) is 0 Å². The highest BCUT2D eigenvalue weighted by Gasteiger charge is 2.27. The summed E-state index contributed by atoms with van der Waals surface area (Å²) >= 11 is 0. The summed E-state index contributed by atoms with van der Waals surface area (Å²) < 4.78 is 34.4. The van der Waals surface area contributed by atoms with E-state index in [1.54, 1.807) is 4.90 Å². The molecule has 0 spiro atoms. The predicted molar refractivity (Wildman–Crippen MR) is 104 cm³/mol. The van der Waals surface area contributed by atoms with Crippen LogP contribution in [0.25, 0.3) is 11.0 Å². The summed E-state index contributed by atoms with van der Waals surface area (Å²) in [6.45, 7) is -1.77. The first-order chi connectivity index (χ1) is 14.0. The second kappa shape index (κ2) is 8.06. The number of carbonyl (C=O) groups excluding carboxylic acids is 1. The molecule has 1 aliphatic rings. The molecule has 6 nitrogen and oxygen atoms in total. The van der Waals surface area contributed by atoms with E-state index in [4.69, 9.17) is 4.74 Å². The number of alkyl halides is 2. The fraction of sp³-hybridized carbons (Fsp3) is 0.333. The molecule has 29 heavy (non-hydrogen) atoms. The van der Waals surface area contributed by atoms with Gasteiger partial charge in [0.1, 0.15) is 5.82 Å². The molecule has 0 radical (unpaired) electrons. The van der Waals surface area contributed by atoms with Gasteiger partial charge in [-0.25, -0.2) is 4.98 Å². The lowest BCUT2D eigenvalue weighted by Crippen LogP contribution is -2.38. The number of aromatic nitrogens is 2. The van der Waals surface area contributed by atoms with Crippen LogP contribution in [0.5, 0.6) is 11.5 Å². The van der Waals surface area contributed by atoms with Crippen molar-refractivity contribution in [3.8, 4) is 11.5 Å². The number of fused-ring (bicyclic) bond motifs is 1. The van der Waals surface area contributed by atoms with Gasteiger partial charge in [-0.3, -0.25) is 4.79 Å². The molecule has 1 aromatic heterocycles. The smallest absolute Gasteiger partial charge is 0.387 e. The molecule has 152 valence electrons. The third kappa shape index (κ3) is 4.01. The highest BCUT2D eigenvalue weighted by atomic mass is 19.3. The van der Waals surface area contributed by atoms with E-state index in [2.05, 4.69) is 14.7 Å². The number of carbonyl (C=O) groups is 1. The molecule has 2 aromatic carbocycles. The number of piperidine rings is 1. The molecule has 1 aliphatic heterocycles. The van der Waals surface area contributed by atoms with Crippen LogP contribution in [0, 0.1) is 0 Å². The van der Waals surface area contributed by atoms with Crippen molar-refractivity contribution in [2.45, 2.75) is 25.4 Å². The lowest BCUT2D eigenvalue weighted by Gasteiger charge is -2.31. The average Bonchev–Trinajstić information content (AvgIpc) is 3.17. The summed E-state index contributed by atoms with van der Waals surface area (Å²) in [6.07, 6.45) is 1.60. The van der Waals surface area contributed by atoms with Crippen molar-refractivity contribution in [2.75, 3.05) is 20.2 Å². The molecule has 0 atom stereocenters. The lowest BCUT2D eigenvalue weighted by atomic mass is 9.95. The Kier molecular flexibility index (Phi) is 5.33. The molecule has 1 saturated heterocycles. The van der Waals surface area contributed by atoms with Gasteiger partial charge < -0.3 is 19.4 Å². The van der Waals surface area contributed by atoms with Gasteiger partial charge in [-0.2, -0.15) is 8.78 Å². The lowest BCUT2D eigenvalue weighted by molar-refractivity contribution is -0.0512. The minimum atomic E-state index is -2.96. The molecule has 1 amide bonds. The zero-order valence-electron chi connectivity index (χ0n) is 15.9. The van der Waals surface area contributed by atoms with E-state index < -0.39 is 6.61 Å². The summed E-state index contributed by atoms with van der Waals surface area (Å²) in [6, 6.07) is 12.2. The molecular weight excluding hydrogens is 380 g/mol. The Labute approximate surface area is 166 Å². The number of benzene rings is 2. The summed E-state index contributed by atoms with van der Waals surface area (Å²) in [5.74, 6) is 1.07. The number of likely N-dealkylation sites (tertiary alicyclic amines) is 1. The zero-order chi connectivity index (χ0) is 20.4. The first kappa shape index (κ1) is 19.2. The van der Waals surface area contributed by atoms with Crippen molar-refractivity contribution in [3.63, 3.8) is 0 Å². The van der Waals surface area contributed by atoms with Gasteiger partial charge in [0, 0.05) is 24.6 Å². The first-order valence-corrected chi connectivity index (χ1v) is 9.42. The summed E-state index contributed by atoms with van der Waals surface area (Å²) in [4.78, 5) is 22.7. The van der Waals surface area contributed by atoms with Crippen LogP contribution in [0.3, 0.4) is 0 Å². The molecule has 8 heteroatoms. The second-order valence-electron chi connectivity index (χ2n) is 6.95. The Hall–Kier alpha value is -3.16. The number of para-hydroxylation sites is 2. The monoisotopic (exact) mass is 401 g/mol. The Morgan fingerprint density at radius 2 is 1.93 bits per heavy atom. The molecule has 0 unspecified atom stereocenters. The highest BCUT2D eigenvalue weighted by Crippen LogP contribution is 2.32. The van der Waals surface area contributed by atoms with Crippen LogP contribution in [-0.2, 0) is 0 Å². The van der Waals surface area contributed by atoms with E-state index in [-0.39, 0.29) is 23.3 Å². The molecule has 4 rings (SSSR count). The SMILES string of the molecule is COc1cc(C(=O)N2CCC(c3nc4ccccc4[nH]3)CC2)ccc1OC(F)F. The minimum Gasteiger partial charge on any atom is -0.493 e. The average molecular weight is 401 g/mol. The van der Waals surface area contributed by atoms with Gasteiger partial charge in [0.15, 0.2) is 11.5 Å². The number of halogens is 2. The molecule has 0 aliphatic carbocycles.